The molecule has 2 aromatic heterocycles. The standard InChI is InChI=1S/C16H13F2N3OS/c17-10-3-4-12(18)11(8-10)16(22)19-6-5-13-15(21-9-20-13)14-2-1-7-23-14/h1-4,7-9H,5-6H2,(H,19,22)(H,20,21). The van der Waals surface area contributed by atoms with Gasteiger partial charge in [-0.15, -0.1) is 11.3 Å². The van der Waals surface area contributed by atoms with Gasteiger partial charge in [0, 0.05) is 18.7 Å². The summed E-state index contributed by atoms with van der Waals surface area (Å²) in [6.07, 6.45) is 2.11. The Balaban J connectivity index is 1.63. The number of nitrogens with zero attached hydrogens (tertiary/aromatic N) is 1. The highest BCUT2D eigenvalue weighted by Crippen LogP contribution is 2.25. The number of rotatable bonds is 5. The van der Waals surface area contributed by atoms with Gasteiger partial charge in [0.2, 0.25) is 0 Å². The number of halogens is 2. The smallest absolute Gasteiger partial charge is 0.254 e. The van der Waals surface area contributed by atoms with E-state index in [1.54, 1.807) is 17.7 Å². The first kappa shape index (κ1) is 15.4. The van der Waals surface area contributed by atoms with Crippen molar-refractivity contribution in [2.45, 2.75) is 6.42 Å². The summed E-state index contributed by atoms with van der Waals surface area (Å²) in [6.45, 7) is 0.287. The molecule has 0 bridgehead atoms. The van der Waals surface area contributed by atoms with Crippen molar-refractivity contribution in [1.82, 2.24) is 15.3 Å². The molecule has 4 nitrogen and oxygen atoms in total. The summed E-state index contributed by atoms with van der Waals surface area (Å²) in [5.41, 5.74) is 1.42. The number of hydrogen-bond acceptors (Lipinski definition) is 3. The van der Waals surface area contributed by atoms with Gasteiger partial charge in [-0.3, -0.25) is 4.79 Å². The van der Waals surface area contributed by atoms with Gasteiger partial charge in [-0.1, -0.05) is 6.07 Å². The minimum absolute atomic E-state index is 0.287. The average Bonchev–Trinajstić information content (AvgIpc) is 3.20. The van der Waals surface area contributed by atoms with Gasteiger partial charge < -0.3 is 10.3 Å². The van der Waals surface area contributed by atoms with Crippen molar-refractivity contribution in [3.8, 4) is 10.6 Å². The number of carbonyl (C=O) groups is 1. The van der Waals surface area contributed by atoms with E-state index in [2.05, 4.69) is 15.3 Å². The molecule has 0 aliphatic rings. The number of thiophene rings is 1. The summed E-state index contributed by atoms with van der Waals surface area (Å²) < 4.78 is 26.6. The second-order valence-corrected chi connectivity index (χ2v) is 5.78. The van der Waals surface area contributed by atoms with E-state index in [-0.39, 0.29) is 12.1 Å². The van der Waals surface area contributed by atoms with E-state index in [1.165, 1.54) is 0 Å². The fraction of sp³-hybridized carbons (Fsp3) is 0.125. The number of carbonyl (C=O) groups excluding carboxylic acids is 1. The van der Waals surface area contributed by atoms with Crippen LogP contribution in [0.5, 0.6) is 0 Å². The van der Waals surface area contributed by atoms with Crippen molar-refractivity contribution in [2.75, 3.05) is 6.54 Å². The lowest BCUT2D eigenvalue weighted by molar-refractivity contribution is 0.0949. The predicted octanol–water partition coefficient (Wildman–Crippen LogP) is 3.39. The second kappa shape index (κ2) is 6.70. The monoisotopic (exact) mass is 333 g/mol. The van der Waals surface area contributed by atoms with E-state index in [0.29, 0.717) is 6.42 Å². The highest BCUT2D eigenvalue weighted by molar-refractivity contribution is 7.13. The van der Waals surface area contributed by atoms with Crippen molar-refractivity contribution in [1.29, 1.82) is 0 Å². The Labute approximate surface area is 135 Å². The van der Waals surface area contributed by atoms with Crippen LogP contribution in [0.3, 0.4) is 0 Å². The van der Waals surface area contributed by atoms with Gasteiger partial charge in [0.05, 0.1) is 16.8 Å². The van der Waals surface area contributed by atoms with E-state index in [1.807, 2.05) is 17.5 Å². The van der Waals surface area contributed by atoms with Crippen LogP contribution in [0.15, 0.2) is 42.0 Å². The molecule has 1 aromatic carbocycles. The molecule has 0 spiro atoms. The molecule has 0 aliphatic carbocycles. The largest absolute Gasteiger partial charge is 0.352 e. The van der Waals surface area contributed by atoms with E-state index in [0.717, 1.165) is 34.5 Å². The Kier molecular flexibility index (Phi) is 4.47. The lowest BCUT2D eigenvalue weighted by Crippen LogP contribution is -2.26. The number of hydrogen-bond donors (Lipinski definition) is 2. The van der Waals surface area contributed by atoms with Crippen molar-refractivity contribution in [3.05, 3.63) is 64.9 Å². The van der Waals surface area contributed by atoms with Gasteiger partial charge in [-0.05, 0) is 29.6 Å². The number of aromatic nitrogens is 2. The molecule has 118 valence electrons. The highest BCUT2D eigenvalue weighted by atomic mass is 32.1. The quantitative estimate of drug-likeness (QED) is 0.752. The molecular formula is C16H13F2N3OS. The van der Waals surface area contributed by atoms with Crippen LogP contribution in [-0.2, 0) is 6.42 Å². The van der Waals surface area contributed by atoms with Gasteiger partial charge >= 0.3 is 0 Å². The molecule has 0 unspecified atom stereocenters. The molecule has 0 aliphatic heterocycles. The number of aromatic amines is 1. The fourth-order valence-corrected chi connectivity index (χ4v) is 2.95. The number of amides is 1. The van der Waals surface area contributed by atoms with Crippen LogP contribution < -0.4 is 5.32 Å². The lowest BCUT2D eigenvalue weighted by atomic mass is 10.2. The molecule has 2 N–H and O–H groups in total. The van der Waals surface area contributed by atoms with Crippen LogP contribution in [0.2, 0.25) is 0 Å². The van der Waals surface area contributed by atoms with Gasteiger partial charge in [0.15, 0.2) is 0 Å². The molecular weight excluding hydrogens is 320 g/mol. The number of imidazole rings is 1. The highest BCUT2D eigenvalue weighted by Gasteiger charge is 2.13. The Hall–Kier alpha value is -2.54. The maximum Gasteiger partial charge on any atom is 0.254 e. The predicted molar refractivity (Wildman–Crippen MR) is 84.3 cm³/mol. The third kappa shape index (κ3) is 3.45. The van der Waals surface area contributed by atoms with E-state index in [9.17, 15) is 13.6 Å². The molecule has 2 heterocycles. The number of H-pyrrole nitrogens is 1. The molecule has 7 heteroatoms. The average molecular weight is 333 g/mol. The molecule has 1 amide bonds. The SMILES string of the molecule is O=C(NCCc1[nH]cnc1-c1cccs1)c1cc(F)ccc1F. The first-order chi connectivity index (χ1) is 11.1. The molecule has 3 rings (SSSR count). The summed E-state index contributed by atoms with van der Waals surface area (Å²) in [5.74, 6) is -2.03. The van der Waals surface area contributed by atoms with Crippen LogP contribution >= 0.6 is 11.3 Å². The molecule has 0 fully saturated rings. The van der Waals surface area contributed by atoms with Crippen LogP contribution in [0.4, 0.5) is 8.78 Å². The van der Waals surface area contributed by atoms with Gasteiger partial charge in [0.25, 0.3) is 5.91 Å². The fourth-order valence-electron chi connectivity index (χ4n) is 2.20. The maximum atomic E-state index is 13.5. The zero-order valence-corrected chi connectivity index (χ0v) is 12.8. The summed E-state index contributed by atoms with van der Waals surface area (Å²) in [6, 6.07) is 6.70. The van der Waals surface area contributed by atoms with Gasteiger partial charge in [-0.2, -0.15) is 0 Å². The Morgan fingerprint density at radius 2 is 2.17 bits per heavy atom. The molecule has 23 heavy (non-hydrogen) atoms. The minimum Gasteiger partial charge on any atom is -0.352 e. The normalized spacial score (nSPS) is 10.7. The third-order valence-corrected chi connectivity index (χ3v) is 4.18. The summed E-state index contributed by atoms with van der Waals surface area (Å²) in [5, 5.41) is 4.55. The summed E-state index contributed by atoms with van der Waals surface area (Å²) >= 11 is 1.57. The molecule has 0 atom stereocenters. The van der Waals surface area contributed by atoms with Gasteiger partial charge in [0.1, 0.15) is 17.3 Å². The third-order valence-electron chi connectivity index (χ3n) is 3.31. The Bertz CT molecular complexity index is 815. The first-order valence-corrected chi connectivity index (χ1v) is 7.82. The Morgan fingerprint density at radius 1 is 1.30 bits per heavy atom. The second-order valence-electron chi connectivity index (χ2n) is 4.84. The molecule has 0 saturated carbocycles. The Morgan fingerprint density at radius 3 is 2.96 bits per heavy atom. The van der Waals surface area contributed by atoms with Crippen molar-refractivity contribution < 1.29 is 13.6 Å². The van der Waals surface area contributed by atoms with Crippen LogP contribution in [0, 0.1) is 11.6 Å². The van der Waals surface area contributed by atoms with Crippen LogP contribution in [0.1, 0.15) is 16.1 Å². The van der Waals surface area contributed by atoms with Crippen LogP contribution in [0.25, 0.3) is 10.6 Å². The first-order valence-electron chi connectivity index (χ1n) is 6.94. The molecule has 0 saturated heterocycles. The summed E-state index contributed by atoms with van der Waals surface area (Å²) in [4.78, 5) is 20.3. The zero-order chi connectivity index (χ0) is 16.2. The lowest BCUT2D eigenvalue weighted by Gasteiger charge is -2.06. The zero-order valence-electron chi connectivity index (χ0n) is 12.0. The summed E-state index contributed by atoms with van der Waals surface area (Å²) in [7, 11) is 0. The van der Waals surface area contributed by atoms with Gasteiger partial charge in [-0.25, -0.2) is 13.8 Å². The van der Waals surface area contributed by atoms with Crippen molar-refractivity contribution >= 4 is 17.2 Å². The minimum atomic E-state index is -0.746. The topological polar surface area (TPSA) is 57.8 Å². The molecule has 0 radical (unpaired) electrons. The molecule has 3 aromatic rings. The van der Waals surface area contributed by atoms with E-state index < -0.39 is 17.5 Å². The van der Waals surface area contributed by atoms with E-state index in [4.69, 9.17) is 0 Å². The van der Waals surface area contributed by atoms with Crippen molar-refractivity contribution in [2.24, 2.45) is 0 Å². The van der Waals surface area contributed by atoms with E-state index >= 15 is 0 Å². The number of benzene rings is 1. The maximum absolute atomic E-state index is 13.5. The number of nitrogens with one attached hydrogen (secondary N) is 2. The van der Waals surface area contributed by atoms with Crippen molar-refractivity contribution in [3.63, 3.8) is 0 Å². The van der Waals surface area contributed by atoms with Crippen LogP contribution in [-0.4, -0.2) is 22.4 Å².